The fraction of sp³-hybridized carbons (Fsp3) is 0.464. The van der Waals surface area contributed by atoms with Crippen molar-refractivity contribution in [3.05, 3.63) is 61.1 Å². The van der Waals surface area contributed by atoms with Crippen LogP contribution in [-0.4, -0.2) is 25.4 Å². The summed E-state index contributed by atoms with van der Waals surface area (Å²) in [5.74, 6) is -1.78. The number of alkyl halides is 1. The van der Waals surface area contributed by atoms with Crippen LogP contribution in [0.5, 0.6) is 11.5 Å². The lowest BCUT2D eigenvalue weighted by molar-refractivity contribution is -0.142. The summed E-state index contributed by atoms with van der Waals surface area (Å²) < 4.78 is 44.3. The number of carbonyl (C=O) groups excluding carboxylic acids is 1. The number of hydrogen-bond donors (Lipinski definition) is 0. The Labute approximate surface area is 201 Å². The summed E-state index contributed by atoms with van der Waals surface area (Å²) in [6.45, 7) is 8.31. The molecule has 0 N–H and O–H groups in total. The Kier molecular flexibility index (Phi) is 12.1. The summed E-state index contributed by atoms with van der Waals surface area (Å²) in [4.78, 5) is 11.9. The van der Waals surface area contributed by atoms with Gasteiger partial charge in [-0.1, -0.05) is 70.7 Å². The Morgan fingerprint density at radius 2 is 1.59 bits per heavy atom. The van der Waals surface area contributed by atoms with Gasteiger partial charge in [0, 0.05) is 0 Å². The van der Waals surface area contributed by atoms with E-state index in [-0.39, 0.29) is 5.75 Å². The third kappa shape index (κ3) is 9.16. The highest BCUT2D eigenvalue weighted by atomic mass is 19.1. The number of benzene rings is 2. The van der Waals surface area contributed by atoms with Gasteiger partial charge in [0.05, 0.1) is 19.5 Å². The smallest absolute Gasteiger partial charge is 0.346 e. The molecule has 0 aliphatic carbocycles. The maximum atomic E-state index is 14.5. The number of esters is 1. The SMILES string of the molecule is C=COCCCCCCCCOc1ccc(-c2ccc(OC(=O)[C@H](F)[C@@H](C)CC)c(F)c2)cc1. The van der Waals surface area contributed by atoms with Gasteiger partial charge in [-0.3, -0.25) is 0 Å². The van der Waals surface area contributed by atoms with Gasteiger partial charge >= 0.3 is 5.97 Å². The van der Waals surface area contributed by atoms with Crippen LogP contribution < -0.4 is 9.47 Å². The van der Waals surface area contributed by atoms with Crippen LogP contribution >= 0.6 is 0 Å². The van der Waals surface area contributed by atoms with Crippen LogP contribution in [0.25, 0.3) is 11.1 Å². The molecule has 186 valence electrons. The van der Waals surface area contributed by atoms with E-state index in [0.29, 0.717) is 18.6 Å². The number of carbonyl (C=O) groups is 1. The predicted octanol–water partition coefficient (Wildman–Crippen LogP) is 7.66. The van der Waals surface area contributed by atoms with Crippen LogP contribution in [0.4, 0.5) is 8.78 Å². The van der Waals surface area contributed by atoms with E-state index in [1.54, 1.807) is 19.9 Å². The van der Waals surface area contributed by atoms with Gasteiger partial charge in [0.25, 0.3) is 0 Å². The highest BCUT2D eigenvalue weighted by Gasteiger charge is 2.26. The Morgan fingerprint density at radius 3 is 2.21 bits per heavy atom. The van der Waals surface area contributed by atoms with Gasteiger partial charge in [0.15, 0.2) is 17.7 Å². The molecule has 2 aromatic rings. The number of unbranched alkanes of at least 4 members (excludes halogenated alkanes) is 5. The van der Waals surface area contributed by atoms with Gasteiger partial charge in [-0.15, -0.1) is 0 Å². The molecule has 0 aliphatic heterocycles. The first-order valence-electron chi connectivity index (χ1n) is 12.1. The third-order valence-corrected chi connectivity index (χ3v) is 5.74. The number of ether oxygens (including phenoxy) is 3. The zero-order chi connectivity index (χ0) is 24.8. The molecule has 2 rings (SSSR count). The molecule has 2 aromatic carbocycles. The van der Waals surface area contributed by atoms with Gasteiger partial charge in [0.2, 0.25) is 0 Å². The summed E-state index contributed by atoms with van der Waals surface area (Å²) in [7, 11) is 0. The van der Waals surface area contributed by atoms with Gasteiger partial charge in [-0.2, -0.15) is 0 Å². The third-order valence-electron chi connectivity index (χ3n) is 5.74. The van der Waals surface area contributed by atoms with Crippen molar-refractivity contribution < 1.29 is 27.8 Å². The molecule has 0 spiro atoms. The monoisotopic (exact) mass is 474 g/mol. The molecule has 0 bridgehead atoms. The van der Waals surface area contributed by atoms with Crippen LogP contribution in [-0.2, 0) is 9.53 Å². The Balaban J connectivity index is 1.77. The van der Waals surface area contributed by atoms with Crippen molar-refractivity contribution in [1.29, 1.82) is 0 Å². The zero-order valence-electron chi connectivity index (χ0n) is 20.2. The number of rotatable bonds is 16. The molecule has 0 amide bonds. The van der Waals surface area contributed by atoms with Crippen molar-refractivity contribution >= 4 is 5.97 Å². The molecular weight excluding hydrogens is 438 g/mol. The summed E-state index contributed by atoms with van der Waals surface area (Å²) in [5.41, 5.74) is 1.42. The second-order valence-corrected chi connectivity index (χ2v) is 8.39. The molecule has 0 aliphatic rings. The van der Waals surface area contributed by atoms with E-state index in [9.17, 15) is 13.6 Å². The predicted molar refractivity (Wildman–Crippen MR) is 131 cm³/mol. The largest absolute Gasteiger partial charge is 0.502 e. The highest BCUT2D eigenvalue weighted by molar-refractivity contribution is 5.77. The Hall–Kier alpha value is -2.89. The molecule has 0 radical (unpaired) electrons. The minimum Gasteiger partial charge on any atom is -0.502 e. The Bertz CT molecular complexity index is 882. The fourth-order valence-corrected chi connectivity index (χ4v) is 3.38. The molecular formula is C28H36F2O4. The normalized spacial score (nSPS) is 12.6. The summed E-state index contributed by atoms with van der Waals surface area (Å²) >= 11 is 0. The first-order valence-corrected chi connectivity index (χ1v) is 12.1. The van der Waals surface area contributed by atoms with Gasteiger partial charge < -0.3 is 14.2 Å². The molecule has 4 nitrogen and oxygen atoms in total. The van der Waals surface area contributed by atoms with E-state index in [1.807, 2.05) is 24.3 Å². The van der Waals surface area contributed by atoms with Crippen molar-refractivity contribution in [3.8, 4) is 22.6 Å². The second kappa shape index (κ2) is 15.1. The fourth-order valence-electron chi connectivity index (χ4n) is 3.38. The van der Waals surface area contributed by atoms with E-state index in [4.69, 9.17) is 14.2 Å². The highest BCUT2D eigenvalue weighted by Crippen LogP contribution is 2.28. The second-order valence-electron chi connectivity index (χ2n) is 8.39. The summed E-state index contributed by atoms with van der Waals surface area (Å²) in [6, 6.07) is 11.7. The van der Waals surface area contributed by atoms with Crippen LogP contribution in [0.15, 0.2) is 55.3 Å². The molecule has 0 saturated heterocycles. The zero-order valence-corrected chi connectivity index (χ0v) is 20.2. The average Bonchev–Trinajstić information content (AvgIpc) is 2.85. The van der Waals surface area contributed by atoms with Crippen LogP contribution in [0, 0.1) is 11.7 Å². The summed E-state index contributed by atoms with van der Waals surface area (Å²) in [5, 5.41) is 0. The number of halogens is 2. The molecule has 0 saturated carbocycles. The quantitative estimate of drug-likeness (QED) is 0.108. The van der Waals surface area contributed by atoms with Crippen LogP contribution in [0.1, 0.15) is 58.8 Å². The van der Waals surface area contributed by atoms with E-state index >= 15 is 0 Å². The van der Waals surface area contributed by atoms with Crippen molar-refractivity contribution in [2.24, 2.45) is 5.92 Å². The molecule has 2 atom stereocenters. The maximum absolute atomic E-state index is 14.5. The van der Waals surface area contributed by atoms with Gasteiger partial charge in [-0.05, 0) is 54.2 Å². The lowest BCUT2D eigenvalue weighted by atomic mass is 10.0. The standard InChI is InChI=1S/C28H36F2O4/c1-4-21(3)27(30)28(31)34-26-17-14-23(20-25(26)29)22-12-15-24(16-13-22)33-19-11-9-7-6-8-10-18-32-5-2/h5,12-17,20-21,27H,2,4,6-11,18-19H2,1,3H3/t21-,27+/m0/s1. The van der Waals surface area contributed by atoms with E-state index in [1.165, 1.54) is 31.2 Å². The van der Waals surface area contributed by atoms with Crippen LogP contribution in [0.2, 0.25) is 0 Å². The first-order chi connectivity index (χ1) is 16.5. The number of hydrogen-bond acceptors (Lipinski definition) is 4. The van der Waals surface area contributed by atoms with Gasteiger partial charge in [-0.25, -0.2) is 13.6 Å². The lowest BCUT2D eigenvalue weighted by Gasteiger charge is -2.14. The Morgan fingerprint density at radius 1 is 0.971 bits per heavy atom. The summed E-state index contributed by atoms with van der Waals surface area (Å²) in [6.07, 6.45) is 6.90. The topological polar surface area (TPSA) is 44.8 Å². The minimum atomic E-state index is -1.78. The molecule has 0 unspecified atom stereocenters. The average molecular weight is 475 g/mol. The van der Waals surface area contributed by atoms with Crippen molar-refractivity contribution in [2.45, 2.75) is 65.0 Å². The van der Waals surface area contributed by atoms with Crippen molar-refractivity contribution in [2.75, 3.05) is 13.2 Å². The van der Waals surface area contributed by atoms with E-state index < -0.39 is 23.9 Å². The van der Waals surface area contributed by atoms with Crippen molar-refractivity contribution in [1.82, 2.24) is 0 Å². The van der Waals surface area contributed by atoms with E-state index in [0.717, 1.165) is 43.6 Å². The minimum absolute atomic E-state index is 0.273. The lowest BCUT2D eigenvalue weighted by Crippen LogP contribution is -2.28. The first kappa shape index (κ1) is 27.4. The van der Waals surface area contributed by atoms with E-state index in [2.05, 4.69) is 6.58 Å². The maximum Gasteiger partial charge on any atom is 0.346 e. The molecule has 34 heavy (non-hydrogen) atoms. The molecule has 6 heteroatoms. The molecule has 0 fully saturated rings. The van der Waals surface area contributed by atoms with Crippen LogP contribution in [0.3, 0.4) is 0 Å². The van der Waals surface area contributed by atoms with Gasteiger partial charge in [0.1, 0.15) is 5.75 Å². The molecule has 0 aromatic heterocycles. The van der Waals surface area contributed by atoms with Crippen molar-refractivity contribution in [3.63, 3.8) is 0 Å². The molecule has 0 heterocycles.